The fraction of sp³-hybridized carbons (Fsp3) is 0.353. The zero-order chi connectivity index (χ0) is 17.6. The Balaban J connectivity index is 2.00. The van der Waals surface area contributed by atoms with Gasteiger partial charge in [-0.1, -0.05) is 47.8 Å². The van der Waals surface area contributed by atoms with E-state index in [0.29, 0.717) is 38.0 Å². The lowest BCUT2D eigenvalue weighted by atomic mass is 9.98. The average Bonchev–Trinajstić information content (AvgIpc) is 3.03. The molecule has 0 amide bonds. The van der Waals surface area contributed by atoms with Crippen molar-refractivity contribution in [2.75, 3.05) is 18.0 Å². The van der Waals surface area contributed by atoms with Gasteiger partial charge in [-0.25, -0.2) is 0 Å². The van der Waals surface area contributed by atoms with Crippen molar-refractivity contribution in [2.45, 2.75) is 19.8 Å². The largest absolute Gasteiger partial charge is 0.356 e. The van der Waals surface area contributed by atoms with Gasteiger partial charge in [0.15, 0.2) is 0 Å². The summed E-state index contributed by atoms with van der Waals surface area (Å²) in [6.07, 6.45) is 3.68. The van der Waals surface area contributed by atoms with Gasteiger partial charge in [-0.15, -0.1) is 0 Å². The molecular weight excluding hydrogens is 381 g/mol. The number of piperidine rings is 1. The monoisotopic (exact) mass is 395 g/mol. The first-order valence-electron chi connectivity index (χ1n) is 8.15. The van der Waals surface area contributed by atoms with Crippen molar-refractivity contribution >= 4 is 46.4 Å². The van der Waals surface area contributed by atoms with Gasteiger partial charge in [0, 0.05) is 18.7 Å². The summed E-state index contributed by atoms with van der Waals surface area (Å²) in [5.41, 5.74) is 1.37. The van der Waals surface area contributed by atoms with Crippen LogP contribution in [0.3, 0.4) is 0 Å². The van der Waals surface area contributed by atoms with Crippen LogP contribution in [0.2, 0.25) is 15.2 Å². The summed E-state index contributed by atoms with van der Waals surface area (Å²) >= 11 is 19.5. The molecule has 0 spiro atoms. The lowest BCUT2D eigenvalue weighted by Crippen LogP contribution is -2.34. The van der Waals surface area contributed by atoms with Crippen molar-refractivity contribution in [3.63, 3.8) is 0 Å². The molecule has 8 heteroatoms. The molecule has 0 radical (unpaired) electrons. The number of fused-ring (bicyclic) bond motifs is 1. The Morgan fingerprint density at radius 1 is 1.04 bits per heavy atom. The number of benzene rings is 1. The van der Waals surface area contributed by atoms with E-state index in [0.717, 1.165) is 31.7 Å². The van der Waals surface area contributed by atoms with Crippen molar-refractivity contribution in [3.8, 4) is 11.1 Å². The zero-order valence-electron chi connectivity index (χ0n) is 13.6. The van der Waals surface area contributed by atoms with Crippen LogP contribution >= 0.6 is 34.8 Å². The van der Waals surface area contributed by atoms with Gasteiger partial charge >= 0.3 is 0 Å². The van der Waals surface area contributed by atoms with Gasteiger partial charge in [0.1, 0.15) is 17.3 Å². The molecular formula is C17H16Cl3N5. The van der Waals surface area contributed by atoms with Crippen molar-refractivity contribution in [2.24, 2.45) is 5.92 Å². The quantitative estimate of drug-likeness (QED) is 0.573. The van der Waals surface area contributed by atoms with Crippen LogP contribution in [0.4, 0.5) is 5.82 Å². The third kappa shape index (κ3) is 2.94. The molecule has 1 aromatic carbocycles. The van der Waals surface area contributed by atoms with Gasteiger partial charge in [-0.05, 0) is 30.9 Å². The molecule has 0 bridgehead atoms. The third-order valence-electron chi connectivity index (χ3n) is 4.65. The van der Waals surface area contributed by atoms with Crippen molar-refractivity contribution in [3.05, 3.63) is 39.7 Å². The van der Waals surface area contributed by atoms with Crippen LogP contribution in [0.25, 0.3) is 16.9 Å². The molecule has 0 aliphatic carbocycles. The molecule has 0 unspecified atom stereocenters. The van der Waals surface area contributed by atoms with Crippen molar-refractivity contribution in [1.82, 2.24) is 19.6 Å². The van der Waals surface area contributed by atoms with E-state index < -0.39 is 0 Å². The second-order valence-corrected chi connectivity index (χ2v) is 7.51. The minimum atomic E-state index is 0.323. The summed E-state index contributed by atoms with van der Waals surface area (Å²) < 4.78 is 1.72. The van der Waals surface area contributed by atoms with Crippen molar-refractivity contribution < 1.29 is 0 Å². The fourth-order valence-electron chi connectivity index (χ4n) is 3.27. The molecule has 1 fully saturated rings. The predicted octanol–water partition coefficient (Wildman–Crippen LogP) is 4.99. The molecule has 0 N–H and O–H groups in total. The van der Waals surface area contributed by atoms with Crippen LogP contribution in [0.1, 0.15) is 19.8 Å². The first-order chi connectivity index (χ1) is 12.1. The highest BCUT2D eigenvalue weighted by Gasteiger charge is 2.27. The van der Waals surface area contributed by atoms with E-state index in [2.05, 4.69) is 26.9 Å². The van der Waals surface area contributed by atoms with Gasteiger partial charge in [0.25, 0.3) is 5.78 Å². The van der Waals surface area contributed by atoms with Crippen LogP contribution in [0, 0.1) is 5.92 Å². The highest BCUT2D eigenvalue weighted by Crippen LogP contribution is 2.43. The summed E-state index contributed by atoms with van der Waals surface area (Å²) in [5, 5.41) is 5.74. The lowest BCUT2D eigenvalue weighted by molar-refractivity contribution is 0.435. The van der Waals surface area contributed by atoms with Gasteiger partial charge in [-0.2, -0.15) is 19.6 Å². The smallest absolute Gasteiger partial charge is 0.255 e. The second kappa shape index (κ2) is 6.63. The molecule has 5 nitrogen and oxygen atoms in total. The predicted molar refractivity (Wildman–Crippen MR) is 102 cm³/mol. The Hall–Kier alpha value is -1.56. The van der Waals surface area contributed by atoms with Gasteiger partial charge in [-0.3, -0.25) is 0 Å². The third-order valence-corrected chi connectivity index (χ3v) is 5.56. The maximum Gasteiger partial charge on any atom is 0.255 e. The zero-order valence-corrected chi connectivity index (χ0v) is 15.9. The van der Waals surface area contributed by atoms with Gasteiger partial charge in [0.05, 0.1) is 15.6 Å². The molecule has 1 aliphatic rings. The number of halogens is 3. The maximum absolute atomic E-state index is 6.56. The summed E-state index contributed by atoms with van der Waals surface area (Å²) in [4.78, 5) is 10.8. The van der Waals surface area contributed by atoms with E-state index in [4.69, 9.17) is 34.8 Å². The number of aromatic nitrogens is 4. The van der Waals surface area contributed by atoms with E-state index in [-0.39, 0.29) is 0 Å². The summed E-state index contributed by atoms with van der Waals surface area (Å²) in [5.74, 6) is 2.01. The number of hydrogen-bond acceptors (Lipinski definition) is 4. The maximum atomic E-state index is 6.56. The molecule has 0 saturated carbocycles. The van der Waals surface area contributed by atoms with E-state index >= 15 is 0 Å². The fourth-order valence-corrected chi connectivity index (χ4v) is 4.11. The summed E-state index contributed by atoms with van der Waals surface area (Å²) in [6.45, 7) is 4.09. The first-order valence-corrected chi connectivity index (χ1v) is 9.28. The van der Waals surface area contributed by atoms with Crippen LogP contribution in [-0.4, -0.2) is 32.7 Å². The Labute approximate surface area is 160 Å². The van der Waals surface area contributed by atoms with Crippen LogP contribution < -0.4 is 4.90 Å². The minimum absolute atomic E-state index is 0.323. The summed E-state index contributed by atoms with van der Waals surface area (Å²) in [6, 6.07) is 5.41. The molecule has 2 aromatic heterocycles. The molecule has 0 atom stereocenters. The molecule has 25 heavy (non-hydrogen) atoms. The van der Waals surface area contributed by atoms with E-state index in [9.17, 15) is 0 Å². The SMILES string of the molecule is CC1CCN(c2c(-c3c(Cl)cccc3Cl)c(Cl)nc3ncnn23)CC1. The van der Waals surface area contributed by atoms with Crippen LogP contribution in [0.15, 0.2) is 24.5 Å². The van der Waals surface area contributed by atoms with Crippen LogP contribution in [0.5, 0.6) is 0 Å². The number of nitrogens with zero attached hydrogens (tertiary/aromatic N) is 5. The molecule has 3 heterocycles. The number of rotatable bonds is 2. The van der Waals surface area contributed by atoms with Crippen LogP contribution in [-0.2, 0) is 0 Å². The van der Waals surface area contributed by atoms with E-state index in [1.54, 1.807) is 16.6 Å². The Morgan fingerprint density at radius 3 is 2.40 bits per heavy atom. The van der Waals surface area contributed by atoms with Gasteiger partial charge in [0.2, 0.25) is 0 Å². The van der Waals surface area contributed by atoms with Gasteiger partial charge < -0.3 is 4.90 Å². The molecule has 4 rings (SSSR count). The first kappa shape index (κ1) is 16.9. The second-order valence-electron chi connectivity index (χ2n) is 6.34. The van der Waals surface area contributed by atoms with Crippen molar-refractivity contribution in [1.29, 1.82) is 0 Å². The normalized spacial score (nSPS) is 15.9. The molecule has 1 aliphatic heterocycles. The Kier molecular flexibility index (Phi) is 4.48. The summed E-state index contributed by atoms with van der Waals surface area (Å²) in [7, 11) is 0. The topological polar surface area (TPSA) is 46.3 Å². The minimum Gasteiger partial charge on any atom is -0.356 e. The molecule has 130 valence electrons. The lowest BCUT2D eigenvalue weighted by Gasteiger charge is -2.33. The highest BCUT2D eigenvalue weighted by molar-refractivity contribution is 6.41. The average molecular weight is 397 g/mol. The number of hydrogen-bond donors (Lipinski definition) is 0. The molecule has 3 aromatic rings. The molecule has 1 saturated heterocycles. The number of anilines is 1. The standard InChI is InChI=1S/C17H16Cl3N5/c1-10-5-7-24(8-6-10)16-14(13-11(18)3-2-4-12(13)19)15(20)23-17-21-9-22-25(16)17/h2-4,9-10H,5-8H2,1H3. The Bertz CT molecular complexity index is 911. The highest BCUT2D eigenvalue weighted by atomic mass is 35.5. The van der Waals surface area contributed by atoms with E-state index in [1.807, 2.05) is 6.07 Å². The van der Waals surface area contributed by atoms with E-state index in [1.165, 1.54) is 6.33 Å². The Morgan fingerprint density at radius 2 is 1.72 bits per heavy atom.